The van der Waals surface area contributed by atoms with Crippen LogP contribution in [0.4, 0.5) is 0 Å². The number of aromatic nitrogens is 1. The predicted molar refractivity (Wildman–Crippen MR) is 108 cm³/mol. The van der Waals surface area contributed by atoms with Gasteiger partial charge in [-0.25, -0.2) is 0 Å². The van der Waals surface area contributed by atoms with Gasteiger partial charge in [-0.2, -0.15) is 4.57 Å². The highest BCUT2D eigenvalue weighted by Crippen LogP contribution is 2.47. The van der Waals surface area contributed by atoms with E-state index in [2.05, 4.69) is 29.0 Å². The highest BCUT2D eigenvalue weighted by atomic mass is 16.7. The van der Waals surface area contributed by atoms with Crippen LogP contribution in [0.15, 0.2) is 36.5 Å². The number of aryl methyl sites for hydroxylation is 1. The Morgan fingerprint density at radius 2 is 1.62 bits per heavy atom. The Labute approximate surface area is 167 Å². The summed E-state index contributed by atoms with van der Waals surface area (Å²) >= 11 is 0. The molecule has 0 saturated heterocycles. The van der Waals surface area contributed by atoms with E-state index in [0.717, 1.165) is 61.2 Å². The third kappa shape index (κ3) is 2.32. The SMILES string of the molecule is CC(C)Oc1cc2c(c3c[n+](C)c4c5cc6c(cc5ccc4c13)OCO6)OCO2. The minimum Gasteiger partial charge on any atom is -0.490 e. The smallest absolute Gasteiger partial charge is 0.231 e. The normalized spacial score (nSPS) is 14.5. The molecule has 3 aromatic carbocycles. The Morgan fingerprint density at radius 1 is 0.862 bits per heavy atom. The third-order valence-electron chi connectivity index (χ3n) is 5.46. The van der Waals surface area contributed by atoms with Crippen molar-refractivity contribution in [2.45, 2.75) is 20.0 Å². The number of ether oxygens (including phenoxy) is 5. The van der Waals surface area contributed by atoms with Gasteiger partial charge in [0.05, 0.1) is 22.3 Å². The van der Waals surface area contributed by atoms with E-state index in [4.69, 9.17) is 23.7 Å². The topological polar surface area (TPSA) is 50.0 Å². The zero-order valence-corrected chi connectivity index (χ0v) is 16.4. The first-order valence-corrected chi connectivity index (χ1v) is 9.68. The van der Waals surface area contributed by atoms with Crippen LogP contribution in [-0.2, 0) is 7.05 Å². The largest absolute Gasteiger partial charge is 0.490 e. The fourth-order valence-electron chi connectivity index (χ4n) is 4.33. The lowest BCUT2D eigenvalue weighted by Gasteiger charge is -2.15. The van der Waals surface area contributed by atoms with Crippen LogP contribution in [0.3, 0.4) is 0 Å². The summed E-state index contributed by atoms with van der Waals surface area (Å²) in [6, 6.07) is 10.3. The fraction of sp³-hybridized carbons (Fsp3) is 0.261. The summed E-state index contributed by atoms with van der Waals surface area (Å²) < 4.78 is 31.0. The van der Waals surface area contributed by atoms with Crippen LogP contribution in [0.25, 0.3) is 32.4 Å². The van der Waals surface area contributed by atoms with E-state index in [1.54, 1.807) is 0 Å². The average molecular weight is 390 g/mol. The lowest BCUT2D eigenvalue weighted by atomic mass is 9.99. The summed E-state index contributed by atoms with van der Waals surface area (Å²) in [4.78, 5) is 0. The van der Waals surface area contributed by atoms with Crippen molar-refractivity contribution < 1.29 is 28.3 Å². The molecule has 0 aliphatic carbocycles. The number of hydrogen-bond acceptors (Lipinski definition) is 5. The standard InChI is InChI=1S/C23H20NO5/c1-12(2)29-19-8-20-23(28-11-27-20)16-9-24(3)22-14(21(16)19)5-4-13-6-17-18(7-15(13)22)26-10-25-17/h4-9,12H,10-11H2,1-3H3/q+1. The average Bonchev–Trinajstić information content (AvgIpc) is 3.33. The van der Waals surface area contributed by atoms with Crippen molar-refractivity contribution in [2.75, 3.05) is 13.6 Å². The van der Waals surface area contributed by atoms with Gasteiger partial charge in [-0.1, -0.05) is 6.07 Å². The van der Waals surface area contributed by atoms with Gasteiger partial charge in [0, 0.05) is 11.5 Å². The summed E-state index contributed by atoms with van der Waals surface area (Å²) in [5.41, 5.74) is 1.10. The molecule has 0 atom stereocenters. The van der Waals surface area contributed by atoms with Gasteiger partial charge in [-0.3, -0.25) is 0 Å². The summed E-state index contributed by atoms with van der Waals surface area (Å²) in [7, 11) is 2.05. The number of hydrogen-bond donors (Lipinski definition) is 0. The van der Waals surface area contributed by atoms with Gasteiger partial charge >= 0.3 is 0 Å². The minimum atomic E-state index is 0.0388. The van der Waals surface area contributed by atoms with Gasteiger partial charge < -0.3 is 23.7 Å². The molecule has 0 N–H and O–H groups in total. The van der Waals surface area contributed by atoms with Crippen LogP contribution in [0.5, 0.6) is 28.7 Å². The van der Waals surface area contributed by atoms with Crippen molar-refractivity contribution in [3.8, 4) is 28.7 Å². The van der Waals surface area contributed by atoms with Gasteiger partial charge in [0.15, 0.2) is 29.2 Å². The zero-order valence-electron chi connectivity index (χ0n) is 16.4. The van der Waals surface area contributed by atoms with E-state index in [-0.39, 0.29) is 19.7 Å². The van der Waals surface area contributed by atoms with Crippen LogP contribution < -0.4 is 28.3 Å². The Morgan fingerprint density at radius 3 is 2.45 bits per heavy atom. The first-order valence-electron chi connectivity index (χ1n) is 9.68. The van der Waals surface area contributed by atoms with Crippen molar-refractivity contribution in [1.29, 1.82) is 0 Å². The van der Waals surface area contributed by atoms with Crippen LogP contribution in [-0.4, -0.2) is 19.7 Å². The maximum absolute atomic E-state index is 6.20. The van der Waals surface area contributed by atoms with Crippen molar-refractivity contribution in [3.05, 3.63) is 36.5 Å². The van der Waals surface area contributed by atoms with Gasteiger partial charge in [-0.15, -0.1) is 0 Å². The molecule has 0 amide bonds. The summed E-state index contributed by atoms with van der Waals surface area (Å²) in [6.45, 7) is 4.53. The fourth-order valence-corrected chi connectivity index (χ4v) is 4.33. The minimum absolute atomic E-state index is 0.0388. The van der Waals surface area contributed by atoms with Gasteiger partial charge in [-0.05, 0) is 37.4 Å². The molecular formula is C23H20NO5+. The maximum Gasteiger partial charge on any atom is 0.231 e. The molecule has 2 aliphatic heterocycles. The number of rotatable bonds is 2. The summed E-state index contributed by atoms with van der Waals surface area (Å²) in [6.07, 6.45) is 2.12. The van der Waals surface area contributed by atoms with Gasteiger partial charge in [0.1, 0.15) is 12.8 Å². The van der Waals surface area contributed by atoms with Gasteiger partial charge in [0.25, 0.3) is 0 Å². The Hall–Kier alpha value is -3.41. The second kappa shape index (κ2) is 5.80. The molecule has 4 aromatic rings. The van der Waals surface area contributed by atoms with Crippen LogP contribution in [0, 0.1) is 0 Å². The summed E-state index contributed by atoms with van der Waals surface area (Å²) in [5, 5.41) is 5.29. The third-order valence-corrected chi connectivity index (χ3v) is 5.46. The molecule has 3 heterocycles. The highest BCUT2D eigenvalue weighted by Gasteiger charge is 2.27. The first kappa shape index (κ1) is 16.5. The number of benzene rings is 3. The second-order valence-electron chi connectivity index (χ2n) is 7.69. The van der Waals surface area contributed by atoms with E-state index < -0.39 is 0 Å². The van der Waals surface area contributed by atoms with Crippen LogP contribution in [0.2, 0.25) is 0 Å². The Balaban J connectivity index is 1.78. The molecule has 146 valence electrons. The van der Waals surface area contributed by atoms with E-state index in [1.807, 2.05) is 33.0 Å². The molecule has 0 radical (unpaired) electrons. The lowest BCUT2D eigenvalue weighted by Crippen LogP contribution is -2.28. The Kier molecular flexibility index (Phi) is 3.30. The molecule has 6 heteroatoms. The highest BCUT2D eigenvalue weighted by molar-refractivity contribution is 6.17. The van der Waals surface area contributed by atoms with Crippen molar-refractivity contribution in [1.82, 2.24) is 0 Å². The number of nitrogens with zero attached hydrogens (tertiary/aromatic N) is 1. The molecule has 0 unspecified atom stereocenters. The molecule has 1 aromatic heterocycles. The maximum atomic E-state index is 6.20. The quantitative estimate of drug-likeness (QED) is 0.379. The van der Waals surface area contributed by atoms with Crippen molar-refractivity contribution in [2.24, 2.45) is 7.05 Å². The molecule has 2 aliphatic rings. The lowest BCUT2D eigenvalue weighted by molar-refractivity contribution is -0.642. The first-order chi connectivity index (χ1) is 14.1. The molecule has 0 fully saturated rings. The monoisotopic (exact) mass is 390 g/mol. The number of pyridine rings is 1. The predicted octanol–water partition coefficient (Wildman–Crippen LogP) is 4.22. The Bertz CT molecular complexity index is 1330. The molecule has 29 heavy (non-hydrogen) atoms. The molecule has 6 rings (SSSR count). The van der Waals surface area contributed by atoms with Crippen LogP contribution >= 0.6 is 0 Å². The van der Waals surface area contributed by atoms with E-state index in [9.17, 15) is 0 Å². The van der Waals surface area contributed by atoms with Gasteiger partial charge in [0.2, 0.25) is 19.1 Å². The molecule has 0 bridgehead atoms. The van der Waals surface area contributed by atoms with E-state index in [1.165, 1.54) is 0 Å². The molecule has 0 saturated carbocycles. The summed E-state index contributed by atoms with van der Waals surface area (Å²) in [5.74, 6) is 3.84. The molecule has 6 nitrogen and oxygen atoms in total. The zero-order chi connectivity index (χ0) is 19.7. The van der Waals surface area contributed by atoms with E-state index in [0.29, 0.717) is 0 Å². The van der Waals surface area contributed by atoms with Crippen LogP contribution in [0.1, 0.15) is 13.8 Å². The van der Waals surface area contributed by atoms with E-state index >= 15 is 0 Å². The second-order valence-corrected chi connectivity index (χ2v) is 7.69. The van der Waals surface area contributed by atoms with Crippen molar-refractivity contribution >= 4 is 32.4 Å². The molecule has 0 spiro atoms. The molecular weight excluding hydrogens is 370 g/mol. The van der Waals surface area contributed by atoms with Crippen molar-refractivity contribution in [3.63, 3.8) is 0 Å². The number of fused-ring (bicyclic) bond motifs is 8.